The zero-order valence-corrected chi connectivity index (χ0v) is 16.4. The van der Waals surface area contributed by atoms with E-state index in [1.54, 1.807) is 0 Å². The van der Waals surface area contributed by atoms with E-state index in [4.69, 9.17) is 0 Å². The molecular weight excluding hydrogens is 320 g/mol. The topological polar surface area (TPSA) is 44.9 Å². The second-order valence-corrected chi connectivity index (χ2v) is 8.19. The Morgan fingerprint density at radius 2 is 1.92 bits per heavy atom. The lowest BCUT2D eigenvalue weighted by atomic mass is 9.87. The predicted octanol–water partition coefficient (Wildman–Crippen LogP) is 4.74. The molecule has 0 spiro atoms. The normalized spacial score (nSPS) is 16.3. The van der Waals surface area contributed by atoms with Gasteiger partial charge in [0.15, 0.2) is 0 Å². The summed E-state index contributed by atoms with van der Waals surface area (Å²) in [6.45, 7) is 12.3. The zero-order valence-electron chi connectivity index (χ0n) is 16.4. The lowest BCUT2D eigenvalue weighted by Crippen LogP contribution is -2.34. The fourth-order valence-corrected chi connectivity index (χ4v) is 3.80. The van der Waals surface area contributed by atoms with E-state index in [0.717, 1.165) is 24.1 Å². The van der Waals surface area contributed by atoms with E-state index in [0.29, 0.717) is 11.5 Å². The van der Waals surface area contributed by atoms with Crippen LogP contribution in [0.4, 0.5) is 0 Å². The van der Waals surface area contributed by atoms with Crippen LogP contribution in [-0.4, -0.2) is 27.8 Å². The molecule has 1 aromatic heterocycles. The van der Waals surface area contributed by atoms with Gasteiger partial charge in [-0.25, -0.2) is 4.68 Å². The average molecular weight is 351 g/mol. The van der Waals surface area contributed by atoms with Crippen molar-refractivity contribution in [3.63, 3.8) is 0 Å². The van der Waals surface area contributed by atoms with E-state index in [9.17, 15) is 5.26 Å². The Labute approximate surface area is 157 Å². The lowest BCUT2D eigenvalue weighted by Gasteiger charge is -2.33. The van der Waals surface area contributed by atoms with Crippen molar-refractivity contribution >= 4 is 0 Å². The van der Waals surface area contributed by atoms with Crippen LogP contribution in [0, 0.1) is 23.2 Å². The fourth-order valence-electron chi connectivity index (χ4n) is 3.80. The summed E-state index contributed by atoms with van der Waals surface area (Å²) >= 11 is 0. The second kappa shape index (κ2) is 8.05. The summed E-state index contributed by atoms with van der Waals surface area (Å²) in [7, 11) is 0. The van der Waals surface area contributed by atoms with Gasteiger partial charge >= 0.3 is 0 Å². The molecular formula is C22H30N4. The van der Waals surface area contributed by atoms with Crippen molar-refractivity contribution in [2.75, 3.05) is 13.1 Å². The first kappa shape index (κ1) is 18.7. The summed E-state index contributed by atoms with van der Waals surface area (Å²) in [6, 6.07) is 8.33. The largest absolute Gasteiger partial charge is 0.299 e. The highest BCUT2D eigenvalue weighted by molar-refractivity contribution is 5.51. The lowest BCUT2D eigenvalue weighted by molar-refractivity contribution is 0.152. The van der Waals surface area contributed by atoms with Crippen LogP contribution in [0.2, 0.25) is 0 Å². The fraction of sp³-hybridized carbons (Fsp3) is 0.545. The minimum absolute atomic E-state index is 0.429. The molecule has 1 aliphatic heterocycles. The van der Waals surface area contributed by atoms with Crippen LogP contribution in [0.1, 0.15) is 63.1 Å². The standard InChI is InChI=1S/C22H30N4/c1-16(2)19-7-9-25(10-8-19)14-18-13-24-26(15-18)22-11-20(17(3)4)5-6-21(22)12-23/h5-6,11,13,15-17,19H,7-10,14H2,1-4H3. The summed E-state index contributed by atoms with van der Waals surface area (Å²) in [5.74, 6) is 2.09. The van der Waals surface area contributed by atoms with Gasteiger partial charge in [-0.2, -0.15) is 10.4 Å². The third kappa shape index (κ3) is 4.16. The molecule has 4 heteroatoms. The molecule has 0 unspecified atom stereocenters. The van der Waals surface area contributed by atoms with Crippen LogP contribution in [-0.2, 0) is 6.54 Å². The molecule has 1 aliphatic rings. The van der Waals surface area contributed by atoms with Crippen molar-refractivity contribution in [3.05, 3.63) is 47.3 Å². The van der Waals surface area contributed by atoms with Crippen LogP contribution in [0.15, 0.2) is 30.6 Å². The second-order valence-electron chi connectivity index (χ2n) is 8.19. The summed E-state index contributed by atoms with van der Waals surface area (Å²) in [5, 5.41) is 14.0. The molecule has 0 bridgehead atoms. The van der Waals surface area contributed by atoms with Crippen LogP contribution in [0.25, 0.3) is 5.69 Å². The van der Waals surface area contributed by atoms with Crippen molar-refractivity contribution in [3.8, 4) is 11.8 Å². The molecule has 1 fully saturated rings. The number of benzene rings is 1. The molecule has 2 aromatic rings. The predicted molar refractivity (Wildman–Crippen MR) is 105 cm³/mol. The third-order valence-corrected chi connectivity index (χ3v) is 5.67. The van der Waals surface area contributed by atoms with Crippen molar-refractivity contribution < 1.29 is 0 Å². The first-order valence-electron chi connectivity index (χ1n) is 9.78. The van der Waals surface area contributed by atoms with Crippen LogP contribution >= 0.6 is 0 Å². The van der Waals surface area contributed by atoms with E-state index in [1.807, 2.05) is 23.0 Å². The number of hydrogen-bond donors (Lipinski definition) is 0. The van der Waals surface area contributed by atoms with Crippen molar-refractivity contribution in [1.29, 1.82) is 5.26 Å². The summed E-state index contributed by atoms with van der Waals surface area (Å²) in [6.07, 6.45) is 6.61. The van der Waals surface area contributed by atoms with Crippen LogP contribution in [0.5, 0.6) is 0 Å². The smallest absolute Gasteiger partial charge is 0.101 e. The van der Waals surface area contributed by atoms with Gasteiger partial charge in [0.1, 0.15) is 6.07 Å². The molecule has 26 heavy (non-hydrogen) atoms. The Kier molecular flexibility index (Phi) is 5.78. The number of rotatable bonds is 5. The number of nitriles is 1. The molecule has 4 nitrogen and oxygen atoms in total. The summed E-state index contributed by atoms with van der Waals surface area (Å²) in [4.78, 5) is 2.52. The Morgan fingerprint density at radius 3 is 2.54 bits per heavy atom. The van der Waals surface area contributed by atoms with Gasteiger partial charge in [0.2, 0.25) is 0 Å². The van der Waals surface area contributed by atoms with Gasteiger partial charge in [0, 0.05) is 18.3 Å². The molecule has 3 rings (SSSR count). The first-order valence-corrected chi connectivity index (χ1v) is 9.78. The molecule has 0 aliphatic carbocycles. The van der Waals surface area contributed by atoms with Crippen molar-refractivity contribution in [1.82, 2.24) is 14.7 Å². The summed E-state index contributed by atoms with van der Waals surface area (Å²) in [5.41, 5.74) is 3.99. The molecule has 0 radical (unpaired) electrons. The highest BCUT2D eigenvalue weighted by Crippen LogP contribution is 2.26. The minimum Gasteiger partial charge on any atom is -0.299 e. The zero-order chi connectivity index (χ0) is 18.7. The number of aromatic nitrogens is 2. The Hall–Kier alpha value is -2.12. The van der Waals surface area contributed by atoms with Gasteiger partial charge in [-0.1, -0.05) is 33.8 Å². The molecule has 0 N–H and O–H groups in total. The Bertz CT molecular complexity index is 774. The van der Waals surface area contributed by atoms with Gasteiger partial charge in [-0.05, 0) is 61.4 Å². The van der Waals surface area contributed by atoms with E-state index in [1.165, 1.54) is 37.1 Å². The maximum Gasteiger partial charge on any atom is 0.101 e. The maximum atomic E-state index is 9.45. The van der Waals surface area contributed by atoms with Crippen LogP contribution in [0.3, 0.4) is 0 Å². The van der Waals surface area contributed by atoms with Gasteiger partial charge in [-0.3, -0.25) is 4.90 Å². The van der Waals surface area contributed by atoms with Gasteiger partial charge in [0.05, 0.1) is 17.4 Å². The molecule has 1 saturated heterocycles. The quantitative estimate of drug-likeness (QED) is 0.782. The van der Waals surface area contributed by atoms with Gasteiger partial charge in [-0.15, -0.1) is 0 Å². The third-order valence-electron chi connectivity index (χ3n) is 5.67. The van der Waals surface area contributed by atoms with Crippen molar-refractivity contribution in [2.45, 2.75) is 53.0 Å². The van der Waals surface area contributed by atoms with Crippen molar-refractivity contribution in [2.24, 2.45) is 11.8 Å². The van der Waals surface area contributed by atoms with Crippen LogP contribution < -0.4 is 0 Å². The summed E-state index contributed by atoms with van der Waals surface area (Å²) < 4.78 is 1.86. The van der Waals surface area contributed by atoms with Gasteiger partial charge < -0.3 is 0 Å². The molecule has 0 amide bonds. The number of nitrogens with zero attached hydrogens (tertiary/aromatic N) is 4. The SMILES string of the molecule is CC(C)c1ccc(C#N)c(-n2cc(CN3CCC(C(C)C)CC3)cn2)c1. The minimum atomic E-state index is 0.429. The van der Waals surface area contributed by atoms with E-state index < -0.39 is 0 Å². The van der Waals surface area contributed by atoms with E-state index >= 15 is 0 Å². The number of piperidine rings is 1. The molecule has 0 saturated carbocycles. The maximum absolute atomic E-state index is 9.45. The van der Waals surface area contributed by atoms with E-state index in [-0.39, 0.29) is 0 Å². The van der Waals surface area contributed by atoms with E-state index in [2.05, 4.69) is 56.0 Å². The number of likely N-dealkylation sites (tertiary alicyclic amines) is 1. The Balaban J connectivity index is 1.73. The highest BCUT2D eigenvalue weighted by atomic mass is 15.3. The van der Waals surface area contributed by atoms with Gasteiger partial charge in [0.25, 0.3) is 0 Å². The number of hydrogen-bond acceptors (Lipinski definition) is 3. The highest BCUT2D eigenvalue weighted by Gasteiger charge is 2.21. The monoisotopic (exact) mass is 350 g/mol. The average Bonchev–Trinajstić information content (AvgIpc) is 3.09. The molecule has 0 atom stereocenters. The molecule has 2 heterocycles. The molecule has 138 valence electrons. The first-order chi connectivity index (χ1) is 12.5. The molecule has 1 aromatic carbocycles. The Morgan fingerprint density at radius 1 is 1.19 bits per heavy atom.